The number of carboxylic acids is 1. The van der Waals surface area contributed by atoms with E-state index in [-0.39, 0.29) is 76.3 Å². The van der Waals surface area contributed by atoms with Gasteiger partial charge in [0.05, 0.1) is 43.1 Å². The number of nitrogens with zero attached hydrogens (tertiary/aromatic N) is 1. The number of carboxylic acid groups (broad SMARTS) is 1. The second-order valence-corrected chi connectivity index (χ2v) is 13.9. The smallest absolute Gasteiger partial charge is 0.339 e. The number of phenolic OH excluding ortho intramolecular Hbond substituents is 1. The van der Waals surface area contributed by atoms with Crippen LogP contribution < -0.4 is 25.4 Å². The van der Waals surface area contributed by atoms with E-state index < -0.39 is 46.7 Å². The second-order valence-electron chi connectivity index (χ2n) is 13.9. The summed E-state index contributed by atoms with van der Waals surface area (Å²) in [5.74, 6) is -7.41. The van der Waals surface area contributed by atoms with Crippen molar-refractivity contribution < 1.29 is 58.0 Å². The normalized spacial score (nSPS) is 11.4. The van der Waals surface area contributed by atoms with Crippen molar-refractivity contribution in [1.82, 2.24) is 0 Å². The fraction of sp³-hybridized carbons (Fsp3) is 0.170. The Labute approximate surface area is 360 Å². The number of ketones is 2. The van der Waals surface area contributed by atoms with Gasteiger partial charge < -0.3 is 40.7 Å². The average molecular weight is 857 g/mol. The summed E-state index contributed by atoms with van der Waals surface area (Å²) in [7, 11) is 2.36. The van der Waals surface area contributed by atoms with E-state index in [1.54, 1.807) is 42.5 Å². The lowest BCUT2D eigenvalue weighted by Crippen LogP contribution is -2.25. The lowest BCUT2D eigenvalue weighted by atomic mass is 9.93. The van der Waals surface area contributed by atoms with E-state index in [0.717, 1.165) is 13.2 Å². The predicted molar refractivity (Wildman–Crippen MR) is 230 cm³/mol. The molecule has 63 heavy (non-hydrogen) atoms. The van der Waals surface area contributed by atoms with Gasteiger partial charge in [-0.25, -0.2) is 9.18 Å². The van der Waals surface area contributed by atoms with E-state index in [1.807, 2.05) is 13.0 Å². The van der Waals surface area contributed by atoms with Crippen LogP contribution in [0.4, 0.5) is 21.5 Å². The van der Waals surface area contributed by atoms with Crippen molar-refractivity contribution in [1.29, 1.82) is 5.26 Å². The number of benzene rings is 5. The van der Waals surface area contributed by atoms with Gasteiger partial charge in [-0.3, -0.25) is 24.0 Å². The summed E-state index contributed by atoms with van der Waals surface area (Å²) >= 11 is 0. The number of Topliss-reactive ketones (excluding diaryl/α,β-unsaturated/α-hetero) is 2. The Morgan fingerprint density at radius 2 is 1.29 bits per heavy atom. The van der Waals surface area contributed by atoms with E-state index in [9.17, 15) is 53.7 Å². The number of hydrogen-bond acceptors (Lipinski definition) is 11. The van der Waals surface area contributed by atoms with Crippen molar-refractivity contribution in [2.45, 2.75) is 32.6 Å². The van der Waals surface area contributed by atoms with Crippen molar-refractivity contribution in [2.24, 2.45) is 5.92 Å². The Morgan fingerprint density at radius 3 is 1.84 bits per heavy atom. The van der Waals surface area contributed by atoms with E-state index in [2.05, 4.69) is 16.0 Å². The third-order valence-electron chi connectivity index (χ3n) is 9.79. The quantitative estimate of drug-likeness (QED) is 0.0365. The van der Waals surface area contributed by atoms with Gasteiger partial charge in [-0.15, -0.1) is 0 Å². The SMILES string of the molecule is CC/C(=C\c1ccc(F)cc1)C(=O)Cc1ccc(C(=O)C[C@@H](CC#N)C(=O)Nc2ccc(C(=O)Nc3ccc(C(=O)Nc4ccc(C(=O)O)c(O)c4OC)c(O)c3OC)cc2)cc1. The molecule has 0 aliphatic rings. The van der Waals surface area contributed by atoms with Crippen LogP contribution in [0.15, 0.2) is 103 Å². The summed E-state index contributed by atoms with van der Waals surface area (Å²) < 4.78 is 23.6. The molecule has 0 unspecified atom stereocenters. The van der Waals surface area contributed by atoms with Crippen molar-refractivity contribution >= 4 is 58.4 Å². The van der Waals surface area contributed by atoms with Gasteiger partial charge in [0.2, 0.25) is 5.91 Å². The molecular formula is C47H41FN4O11. The molecule has 0 aromatic heterocycles. The zero-order chi connectivity index (χ0) is 45.8. The maximum atomic E-state index is 13.3. The number of anilines is 3. The average Bonchev–Trinajstić information content (AvgIpc) is 3.26. The van der Waals surface area contributed by atoms with Crippen molar-refractivity contribution in [3.8, 4) is 29.1 Å². The fourth-order valence-corrected chi connectivity index (χ4v) is 6.40. The first-order chi connectivity index (χ1) is 30.2. The summed E-state index contributed by atoms with van der Waals surface area (Å²) in [6, 6.07) is 24.6. The lowest BCUT2D eigenvalue weighted by Gasteiger charge is -2.16. The van der Waals surface area contributed by atoms with Crippen LogP contribution in [-0.4, -0.2) is 64.8 Å². The number of carbonyl (C=O) groups is 6. The van der Waals surface area contributed by atoms with Crippen LogP contribution in [0.25, 0.3) is 6.08 Å². The molecule has 16 heteroatoms. The molecule has 0 heterocycles. The molecule has 0 radical (unpaired) electrons. The van der Waals surface area contributed by atoms with Gasteiger partial charge in [-0.05, 0) is 89.9 Å². The van der Waals surface area contributed by atoms with Crippen LogP contribution in [-0.2, 0) is 16.0 Å². The zero-order valence-corrected chi connectivity index (χ0v) is 34.2. The van der Waals surface area contributed by atoms with Crippen LogP contribution in [0, 0.1) is 23.1 Å². The van der Waals surface area contributed by atoms with Crippen molar-refractivity contribution in [2.75, 3.05) is 30.2 Å². The Kier molecular flexibility index (Phi) is 15.1. The molecule has 5 aromatic carbocycles. The van der Waals surface area contributed by atoms with Gasteiger partial charge in [0, 0.05) is 36.1 Å². The number of halogens is 1. The standard InChI is InChI=1S/C47H41FN4O11/c1-4-28(23-26-7-13-32(48)14-8-26)38(53)24-27-5-9-29(10-6-27)39(54)25-31(21-22-49)45(58)50-33-15-11-30(12-16-33)44(57)51-36-19-17-34(40(55)42(36)62-2)46(59)52-37-20-18-35(47(60)61)41(56)43(37)63-3/h5-20,23,31,55-56H,4,21,24-25H2,1-3H3,(H,50,58)(H,51,57)(H,52,59)(H,60,61)/b28-23+/t31-/m1/s1. The summed E-state index contributed by atoms with van der Waals surface area (Å²) in [4.78, 5) is 77.2. The summed E-state index contributed by atoms with van der Waals surface area (Å²) in [6.07, 6.45) is 1.75. The Balaban J connectivity index is 1.19. The first kappa shape index (κ1) is 45.8. The van der Waals surface area contributed by atoms with Gasteiger partial charge in [-0.2, -0.15) is 5.26 Å². The van der Waals surface area contributed by atoms with Crippen LogP contribution in [0.5, 0.6) is 23.0 Å². The Morgan fingerprint density at radius 1 is 0.730 bits per heavy atom. The summed E-state index contributed by atoms with van der Waals surface area (Å²) in [6.45, 7) is 1.85. The van der Waals surface area contributed by atoms with Crippen LogP contribution in [0.3, 0.4) is 0 Å². The number of nitrogens with one attached hydrogen (secondary N) is 3. The highest BCUT2D eigenvalue weighted by molar-refractivity contribution is 6.10. The van der Waals surface area contributed by atoms with E-state index in [1.165, 1.54) is 61.7 Å². The molecule has 0 saturated heterocycles. The number of methoxy groups -OCH3 is 2. The van der Waals surface area contributed by atoms with Crippen LogP contribution in [0.2, 0.25) is 0 Å². The third kappa shape index (κ3) is 11.3. The first-order valence-corrected chi connectivity index (χ1v) is 19.2. The lowest BCUT2D eigenvalue weighted by molar-refractivity contribution is -0.119. The molecule has 5 rings (SSSR count). The number of ether oxygens (including phenoxy) is 2. The summed E-state index contributed by atoms with van der Waals surface area (Å²) in [5, 5.41) is 47.6. The molecule has 1 atom stereocenters. The van der Waals surface area contributed by atoms with E-state index in [4.69, 9.17) is 9.47 Å². The van der Waals surface area contributed by atoms with E-state index in [0.29, 0.717) is 28.7 Å². The number of aromatic carboxylic acids is 1. The number of nitriles is 1. The molecule has 0 aliphatic heterocycles. The van der Waals surface area contributed by atoms with E-state index >= 15 is 0 Å². The highest BCUT2D eigenvalue weighted by Crippen LogP contribution is 2.40. The number of amides is 3. The van der Waals surface area contributed by atoms with Gasteiger partial charge >= 0.3 is 5.97 Å². The fourth-order valence-electron chi connectivity index (χ4n) is 6.40. The zero-order valence-electron chi connectivity index (χ0n) is 34.2. The van der Waals surface area contributed by atoms with Crippen LogP contribution in [0.1, 0.15) is 78.7 Å². The number of rotatable bonds is 18. The maximum absolute atomic E-state index is 13.3. The molecule has 0 bridgehead atoms. The van der Waals surface area contributed by atoms with Gasteiger partial charge in [-0.1, -0.05) is 43.3 Å². The topological polar surface area (TPSA) is 241 Å². The maximum Gasteiger partial charge on any atom is 0.339 e. The number of allylic oxidation sites excluding steroid dienone is 1. The molecule has 322 valence electrons. The van der Waals surface area contributed by atoms with Gasteiger partial charge in [0.15, 0.2) is 34.6 Å². The summed E-state index contributed by atoms with van der Waals surface area (Å²) in [5.41, 5.74) is 1.76. The number of carbonyl (C=O) groups excluding carboxylic acids is 5. The minimum atomic E-state index is -1.42. The molecule has 3 amide bonds. The molecule has 6 N–H and O–H groups in total. The Bertz CT molecular complexity index is 2640. The molecule has 0 saturated carbocycles. The molecule has 0 aliphatic carbocycles. The van der Waals surface area contributed by atoms with Gasteiger partial charge in [0.25, 0.3) is 11.8 Å². The number of hydrogen-bond donors (Lipinski definition) is 6. The van der Waals surface area contributed by atoms with Crippen LogP contribution >= 0.6 is 0 Å². The molecule has 5 aromatic rings. The third-order valence-corrected chi connectivity index (χ3v) is 9.79. The minimum absolute atomic E-state index is 0.0107. The van der Waals surface area contributed by atoms with Gasteiger partial charge in [0.1, 0.15) is 11.4 Å². The molecule has 15 nitrogen and oxygen atoms in total. The molecule has 0 spiro atoms. The first-order valence-electron chi connectivity index (χ1n) is 19.2. The predicted octanol–water partition coefficient (Wildman–Crippen LogP) is 7.80. The molecular weight excluding hydrogens is 816 g/mol. The highest BCUT2D eigenvalue weighted by atomic mass is 19.1. The largest absolute Gasteiger partial charge is 0.504 e. The van der Waals surface area contributed by atoms with Crippen molar-refractivity contribution in [3.63, 3.8) is 0 Å². The highest BCUT2D eigenvalue weighted by Gasteiger charge is 2.25. The number of aromatic hydroxyl groups is 2. The second kappa shape index (κ2) is 20.8. The monoisotopic (exact) mass is 856 g/mol. The number of phenols is 2. The minimum Gasteiger partial charge on any atom is -0.504 e. The molecule has 0 fully saturated rings. The van der Waals surface area contributed by atoms with Crippen molar-refractivity contribution in [3.05, 3.63) is 142 Å². The Hall–Kier alpha value is -8.32.